The Hall–Kier alpha value is -1.78. The second kappa shape index (κ2) is 8.61. The van der Waals surface area contributed by atoms with Crippen molar-refractivity contribution in [3.8, 4) is 5.75 Å². The maximum absolute atomic E-state index is 11.8. The van der Waals surface area contributed by atoms with E-state index in [0.29, 0.717) is 13.2 Å². The first kappa shape index (κ1) is 18.3. The van der Waals surface area contributed by atoms with Crippen molar-refractivity contribution in [1.82, 2.24) is 5.32 Å². The van der Waals surface area contributed by atoms with Crippen molar-refractivity contribution in [2.24, 2.45) is 11.7 Å². The van der Waals surface area contributed by atoms with Crippen LogP contribution in [0.3, 0.4) is 0 Å². The molecule has 0 bridgehead atoms. The maximum Gasteiger partial charge on any atom is 0.224 e. The van der Waals surface area contributed by atoms with Crippen LogP contribution in [0.15, 0.2) is 42.5 Å². The summed E-state index contributed by atoms with van der Waals surface area (Å²) in [5, 5.41) is 5.06. The van der Waals surface area contributed by atoms with Crippen molar-refractivity contribution in [3.05, 3.63) is 42.5 Å². The quantitative estimate of drug-likeness (QED) is 0.804. The van der Waals surface area contributed by atoms with Crippen LogP contribution in [0.2, 0.25) is 0 Å². The van der Waals surface area contributed by atoms with E-state index >= 15 is 0 Å². The van der Waals surface area contributed by atoms with Gasteiger partial charge >= 0.3 is 0 Å². The Labute approximate surface area is 137 Å². The van der Waals surface area contributed by atoms with Crippen LogP contribution >= 0.6 is 12.4 Å². The van der Waals surface area contributed by atoms with E-state index in [-0.39, 0.29) is 30.3 Å². The highest BCUT2D eigenvalue weighted by Gasteiger charge is 2.16. The Morgan fingerprint density at radius 3 is 2.59 bits per heavy atom. The molecule has 0 aliphatic rings. The molecule has 1 amide bonds. The third-order valence-corrected chi connectivity index (χ3v) is 3.61. The average molecular weight is 323 g/mol. The van der Waals surface area contributed by atoms with Gasteiger partial charge in [-0.25, -0.2) is 0 Å². The van der Waals surface area contributed by atoms with Crippen LogP contribution in [0.5, 0.6) is 5.75 Å². The van der Waals surface area contributed by atoms with E-state index in [1.54, 1.807) is 0 Å². The molecule has 5 heteroatoms. The van der Waals surface area contributed by atoms with Gasteiger partial charge in [0.2, 0.25) is 5.91 Å². The van der Waals surface area contributed by atoms with E-state index in [1.807, 2.05) is 56.3 Å². The lowest BCUT2D eigenvalue weighted by Crippen LogP contribution is -2.40. The number of ether oxygens (including phenoxy) is 1. The zero-order chi connectivity index (χ0) is 15.2. The number of rotatable bonds is 6. The smallest absolute Gasteiger partial charge is 0.224 e. The zero-order valence-corrected chi connectivity index (χ0v) is 13.7. The first-order chi connectivity index (χ1) is 10.1. The molecular formula is C17H23ClN2O2. The number of fused-ring (bicyclic) bond motifs is 1. The third kappa shape index (κ3) is 4.61. The van der Waals surface area contributed by atoms with Gasteiger partial charge in [-0.3, -0.25) is 4.79 Å². The van der Waals surface area contributed by atoms with Gasteiger partial charge in [0.1, 0.15) is 12.4 Å². The number of nitrogens with two attached hydrogens (primary N) is 1. The molecule has 0 heterocycles. The molecule has 2 rings (SSSR count). The summed E-state index contributed by atoms with van der Waals surface area (Å²) in [7, 11) is 0. The van der Waals surface area contributed by atoms with Crippen LogP contribution < -0.4 is 15.8 Å². The second-order valence-electron chi connectivity index (χ2n) is 5.26. The largest absolute Gasteiger partial charge is 0.491 e. The number of hydrogen-bond acceptors (Lipinski definition) is 3. The fraction of sp³-hybridized carbons (Fsp3) is 0.353. The summed E-state index contributed by atoms with van der Waals surface area (Å²) < 4.78 is 5.76. The lowest BCUT2D eigenvalue weighted by molar-refractivity contribution is -0.125. The third-order valence-electron chi connectivity index (χ3n) is 3.61. The Morgan fingerprint density at radius 2 is 1.86 bits per heavy atom. The second-order valence-corrected chi connectivity index (χ2v) is 5.26. The molecule has 22 heavy (non-hydrogen) atoms. The van der Waals surface area contributed by atoms with Crippen LogP contribution in [0.4, 0.5) is 0 Å². The zero-order valence-electron chi connectivity index (χ0n) is 12.9. The molecule has 3 N–H and O–H groups in total. The van der Waals surface area contributed by atoms with Gasteiger partial charge in [-0.2, -0.15) is 0 Å². The SMILES string of the molecule is CC(N)C(C)C(=O)NCCOc1cccc2ccccc12.Cl. The predicted molar refractivity (Wildman–Crippen MR) is 92.5 cm³/mol. The van der Waals surface area contributed by atoms with Crippen molar-refractivity contribution < 1.29 is 9.53 Å². The molecule has 0 radical (unpaired) electrons. The molecule has 0 aliphatic heterocycles. The molecule has 0 aromatic heterocycles. The van der Waals surface area contributed by atoms with E-state index in [4.69, 9.17) is 10.5 Å². The minimum Gasteiger partial charge on any atom is -0.491 e. The number of carbonyl (C=O) groups is 1. The Kier molecular flexibility index (Phi) is 7.15. The molecule has 4 nitrogen and oxygen atoms in total. The van der Waals surface area contributed by atoms with Gasteiger partial charge in [0.05, 0.1) is 6.54 Å². The number of carbonyl (C=O) groups excluding carboxylic acids is 1. The molecule has 2 unspecified atom stereocenters. The van der Waals surface area contributed by atoms with E-state index in [2.05, 4.69) is 5.32 Å². The first-order valence-corrected chi connectivity index (χ1v) is 7.23. The van der Waals surface area contributed by atoms with Gasteiger partial charge in [-0.05, 0) is 18.4 Å². The fourth-order valence-electron chi connectivity index (χ4n) is 2.06. The van der Waals surface area contributed by atoms with Crippen molar-refractivity contribution >= 4 is 29.1 Å². The number of amides is 1. The van der Waals surface area contributed by atoms with Crippen LogP contribution in [0, 0.1) is 5.92 Å². The Balaban J connectivity index is 0.00000242. The van der Waals surface area contributed by atoms with Gasteiger partial charge < -0.3 is 15.8 Å². The van der Waals surface area contributed by atoms with Gasteiger partial charge in [0.15, 0.2) is 0 Å². The van der Waals surface area contributed by atoms with E-state index < -0.39 is 0 Å². The maximum atomic E-state index is 11.8. The molecule has 0 fully saturated rings. The van der Waals surface area contributed by atoms with Gasteiger partial charge in [0.25, 0.3) is 0 Å². The molecule has 0 saturated heterocycles. The van der Waals surface area contributed by atoms with Crippen molar-refractivity contribution in [3.63, 3.8) is 0 Å². The molecule has 2 atom stereocenters. The van der Waals surface area contributed by atoms with Crippen LogP contribution in [-0.4, -0.2) is 25.1 Å². The predicted octanol–water partition coefficient (Wildman–Crippen LogP) is 2.74. The highest BCUT2D eigenvalue weighted by atomic mass is 35.5. The fourth-order valence-corrected chi connectivity index (χ4v) is 2.06. The highest BCUT2D eigenvalue weighted by Crippen LogP contribution is 2.24. The topological polar surface area (TPSA) is 64.4 Å². The minimum atomic E-state index is -0.192. The Bertz CT molecular complexity index is 611. The number of nitrogens with one attached hydrogen (secondary N) is 1. The molecule has 2 aromatic carbocycles. The summed E-state index contributed by atoms with van der Waals surface area (Å²) in [6.45, 7) is 4.56. The van der Waals surface area contributed by atoms with Crippen molar-refractivity contribution in [1.29, 1.82) is 0 Å². The average Bonchev–Trinajstić information content (AvgIpc) is 2.50. The van der Waals surface area contributed by atoms with Gasteiger partial charge in [-0.15, -0.1) is 12.4 Å². The summed E-state index contributed by atoms with van der Waals surface area (Å²) >= 11 is 0. The summed E-state index contributed by atoms with van der Waals surface area (Å²) in [5.74, 6) is 0.608. The standard InChI is InChI=1S/C17H22N2O2.ClH/c1-12(13(2)18)17(20)19-10-11-21-16-9-5-7-14-6-3-4-8-15(14)16;/h3-9,12-13H,10-11,18H2,1-2H3,(H,19,20);1H. The van der Waals surface area contributed by atoms with Crippen LogP contribution in [0.1, 0.15) is 13.8 Å². The number of hydrogen-bond donors (Lipinski definition) is 2. The highest BCUT2D eigenvalue weighted by molar-refractivity contribution is 5.88. The lowest BCUT2D eigenvalue weighted by Gasteiger charge is -2.15. The normalized spacial score (nSPS) is 13.0. The van der Waals surface area contributed by atoms with Crippen molar-refractivity contribution in [2.75, 3.05) is 13.2 Å². The lowest BCUT2D eigenvalue weighted by atomic mass is 10.0. The van der Waals surface area contributed by atoms with E-state index in [9.17, 15) is 4.79 Å². The van der Waals surface area contributed by atoms with Crippen LogP contribution in [0.25, 0.3) is 10.8 Å². The number of halogens is 1. The summed E-state index contributed by atoms with van der Waals surface area (Å²) in [5.41, 5.74) is 5.70. The monoisotopic (exact) mass is 322 g/mol. The van der Waals surface area contributed by atoms with E-state index in [1.165, 1.54) is 0 Å². The number of benzene rings is 2. The molecule has 120 valence electrons. The molecule has 0 saturated carbocycles. The Morgan fingerprint density at radius 1 is 1.18 bits per heavy atom. The summed E-state index contributed by atoms with van der Waals surface area (Å²) in [6.07, 6.45) is 0. The van der Waals surface area contributed by atoms with Gasteiger partial charge in [0, 0.05) is 17.3 Å². The van der Waals surface area contributed by atoms with Gasteiger partial charge in [-0.1, -0.05) is 43.3 Å². The van der Waals surface area contributed by atoms with E-state index in [0.717, 1.165) is 16.5 Å². The van der Waals surface area contributed by atoms with Crippen LogP contribution in [-0.2, 0) is 4.79 Å². The van der Waals surface area contributed by atoms with Crippen molar-refractivity contribution in [2.45, 2.75) is 19.9 Å². The molecular weight excluding hydrogens is 300 g/mol. The summed E-state index contributed by atoms with van der Waals surface area (Å²) in [4.78, 5) is 11.8. The first-order valence-electron chi connectivity index (χ1n) is 7.23. The minimum absolute atomic E-state index is 0. The molecule has 2 aromatic rings. The molecule has 0 aliphatic carbocycles. The molecule has 0 spiro atoms. The summed E-state index contributed by atoms with van der Waals surface area (Å²) in [6, 6.07) is 13.9.